The van der Waals surface area contributed by atoms with Crippen LogP contribution >= 0.6 is 23.2 Å². The van der Waals surface area contributed by atoms with E-state index in [4.69, 9.17) is 27.4 Å². The molecule has 3 aromatic carbocycles. The van der Waals surface area contributed by atoms with Crippen molar-refractivity contribution in [3.05, 3.63) is 99.0 Å². The molecule has 0 atom stereocenters. The first-order valence-corrected chi connectivity index (χ1v) is 10.9. The van der Waals surface area contributed by atoms with Crippen molar-refractivity contribution >= 4 is 44.9 Å². The molecule has 0 saturated heterocycles. The molecule has 0 aliphatic heterocycles. The molecule has 0 N–H and O–H groups in total. The van der Waals surface area contributed by atoms with Crippen LogP contribution in [-0.4, -0.2) is 26.2 Å². The molecular formula is C21H14Cl2O5S. The van der Waals surface area contributed by atoms with E-state index >= 15 is 0 Å². The zero-order valence-electron chi connectivity index (χ0n) is 15.1. The van der Waals surface area contributed by atoms with Crippen molar-refractivity contribution in [1.82, 2.24) is 0 Å². The lowest BCUT2D eigenvalue weighted by Gasteiger charge is -2.10. The molecule has 3 rings (SSSR count). The standard InChI is InChI=1S/C21H14Cl2O5S/c1-29(26,27)28-17-8-5-13(6-9-17)20(24)18-10-7-16(23)12-19(18)21(25)14-3-2-4-15(22)11-14/h2-12H,1H3. The van der Waals surface area contributed by atoms with Gasteiger partial charge in [-0.1, -0.05) is 35.3 Å². The Morgan fingerprint density at radius 2 is 1.38 bits per heavy atom. The smallest absolute Gasteiger partial charge is 0.306 e. The van der Waals surface area contributed by atoms with E-state index in [1.807, 2.05) is 0 Å². The first-order chi connectivity index (χ1) is 13.6. The number of carbonyl (C=O) groups excluding carboxylic acids is 2. The van der Waals surface area contributed by atoms with Crippen LogP contribution in [-0.2, 0) is 10.1 Å². The molecule has 0 heterocycles. The molecule has 148 valence electrons. The summed E-state index contributed by atoms with van der Waals surface area (Å²) in [6.07, 6.45) is 0.924. The van der Waals surface area contributed by atoms with Gasteiger partial charge in [0.1, 0.15) is 5.75 Å². The van der Waals surface area contributed by atoms with Crippen LogP contribution in [0.4, 0.5) is 0 Å². The predicted molar refractivity (Wildman–Crippen MR) is 112 cm³/mol. The monoisotopic (exact) mass is 448 g/mol. The number of carbonyl (C=O) groups is 2. The van der Waals surface area contributed by atoms with Crippen molar-refractivity contribution in [1.29, 1.82) is 0 Å². The van der Waals surface area contributed by atoms with Gasteiger partial charge in [-0.15, -0.1) is 0 Å². The van der Waals surface area contributed by atoms with E-state index in [0.29, 0.717) is 15.6 Å². The van der Waals surface area contributed by atoms with Crippen LogP contribution in [0.5, 0.6) is 5.75 Å². The first kappa shape index (κ1) is 21.0. The molecule has 0 amide bonds. The molecule has 5 nitrogen and oxygen atoms in total. The number of hydrogen-bond acceptors (Lipinski definition) is 5. The molecule has 0 fully saturated rings. The molecule has 0 aromatic heterocycles. The van der Waals surface area contributed by atoms with Crippen LogP contribution in [0.2, 0.25) is 10.0 Å². The zero-order valence-corrected chi connectivity index (χ0v) is 17.4. The summed E-state index contributed by atoms with van der Waals surface area (Å²) in [5.41, 5.74) is 0.886. The highest BCUT2D eigenvalue weighted by molar-refractivity contribution is 7.86. The Balaban J connectivity index is 1.98. The topological polar surface area (TPSA) is 77.5 Å². The minimum Gasteiger partial charge on any atom is -0.383 e. The van der Waals surface area contributed by atoms with Crippen LogP contribution < -0.4 is 4.18 Å². The first-order valence-electron chi connectivity index (χ1n) is 8.28. The summed E-state index contributed by atoms with van der Waals surface area (Å²) >= 11 is 12.0. The Morgan fingerprint density at radius 3 is 2.00 bits per heavy atom. The fraction of sp³-hybridized carbons (Fsp3) is 0.0476. The molecule has 0 saturated carbocycles. The van der Waals surface area contributed by atoms with Gasteiger partial charge in [0.15, 0.2) is 11.6 Å². The summed E-state index contributed by atoms with van der Waals surface area (Å²) in [4.78, 5) is 26.0. The lowest BCUT2D eigenvalue weighted by atomic mass is 9.93. The third-order valence-corrected chi connectivity index (χ3v) is 4.89. The van der Waals surface area contributed by atoms with Gasteiger partial charge in [0.2, 0.25) is 0 Å². The maximum atomic E-state index is 13.0. The fourth-order valence-corrected chi connectivity index (χ4v) is 3.50. The second kappa shape index (κ2) is 8.37. The van der Waals surface area contributed by atoms with E-state index in [1.165, 1.54) is 48.5 Å². The zero-order chi connectivity index (χ0) is 21.2. The van der Waals surface area contributed by atoms with Gasteiger partial charge in [-0.05, 0) is 54.6 Å². The van der Waals surface area contributed by atoms with Crippen molar-refractivity contribution in [2.75, 3.05) is 6.26 Å². The lowest BCUT2D eigenvalue weighted by Crippen LogP contribution is -2.11. The largest absolute Gasteiger partial charge is 0.383 e. The number of halogens is 2. The Morgan fingerprint density at radius 1 is 0.759 bits per heavy atom. The quantitative estimate of drug-likeness (QED) is 0.399. The van der Waals surface area contributed by atoms with Crippen LogP contribution in [0, 0.1) is 0 Å². The van der Waals surface area contributed by atoms with E-state index in [2.05, 4.69) is 0 Å². The highest BCUT2D eigenvalue weighted by atomic mass is 35.5. The predicted octanol–water partition coefficient (Wildman–Crippen LogP) is 4.79. The van der Waals surface area contributed by atoms with Gasteiger partial charge in [0.05, 0.1) is 6.26 Å². The normalized spacial score (nSPS) is 11.1. The SMILES string of the molecule is CS(=O)(=O)Oc1ccc(C(=O)c2ccc(Cl)cc2C(=O)c2cccc(Cl)c2)cc1. The second-order valence-electron chi connectivity index (χ2n) is 6.17. The minimum atomic E-state index is -3.67. The van der Waals surface area contributed by atoms with Gasteiger partial charge < -0.3 is 4.18 Å². The summed E-state index contributed by atoms with van der Waals surface area (Å²) < 4.78 is 27.2. The van der Waals surface area contributed by atoms with E-state index in [-0.39, 0.29) is 22.4 Å². The Hall–Kier alpha value is -2.67. The van der Waals surface area contributed by atoms with Crippen LogP contribution in [0.3, 0.4) is 0 Å². The molecule has 0 aliphatic carbocycles. The van der Waals surface area contributed by atoms with E-state index in [0.717, 1.165) is 6.26 Å². The molecule has 0 aliphatic rings. The summed E-state index contributed by atoms with van der Waals surface area (Å²) in [6.45, 7) is 0. The number of rotatable bonds is 6. The summed E-state index contributed by atoms with van der Waals surface area (Å²) in [6, 6.07) is 16.4. The molecule has 0 unspecified atom stereocenters. The van der Waals surface area contributed by atoms with Gasteiger partial charge in [0.25, 0.3) is 0 Å². The van der Waals surface area contributed by atoms with Gasteiger partial charge in [0, 0.05) is 32.3 Å². The Kier molecular flexibility index (Phi) is 6.07. The van der Waals surface area contributed by atoms with E-state index in [9.17, 15) is 18.0 Å². The molecule has 29 heavy (non-hydrogen) atoms. The number of benzene rings is 3. The van der Waals surface area contributed by atoms with Crippen molar-refractivity contribution in [2.45, 2.75) is 0 Å². The third kappa shape index (κ3) is 5.23. The van der Waals surface area contributed by atoms with Crippen LogP contribution in [0.1, 0.15) is 31.8 Å². The van der Waals surface area contributed by atoms with Crippen molar-refractivity contribution < 1.29 is 22.2 Å². The maximum absolute atomic E-state index is 13.0. The van der Waals surface area contributed by atoms with Crippen molar-refractivity contribution in [3.8, 4) is 5.75 Å². The lowest BCUT2D eigenvalue weighted by molar-refractivity contribution is 0.100. The van der Waals surface area contributed by atoms with Crippen molar-refractivity contribution in [3.63, 3.8) is 0 Å². The van der Waals surface area contributed by atoms with E-state index < -0.39 is 21.7 Å². The van der Waals surface area contributed by atoms with E-state index in [1.54, 1.807) is 18.2 Å². The Labute approximate surface area is 178 Å². The van der Waals surface area contributed by atoms with Crippen molar-refractivity contribution in [2.24, 2.45) is 0 Å². The third-order valence-electron chi connectivity index (χ3n) is 3.92. The fourth-order valence-electron chi connectivity index (χ4n) is 2.68. The second-order valence-corrected chi connectivity index (χ2v) is 8.62. The number of hydrogen-bond donors (Lipinski definition) is 0. The van der Waals surface area contributed by atoms with Crippen LogP contribution in [0.15, 0.2) is 66.7 Å². The summed E-state index contributed by atoms with van der Waals surface area (Å²) in [7, 11) is -3.67. The number of ketones is 2. The molecule has 0 spiro atoms. The molecule has 0 bridgehead atoms. The molecule has 0 radical (unpaired) electrons. The van der Waals surface area contributed by atoms with Crippen LogP contribution in [0.25, 0.3) is 0 Å². The van der Waals surface area contributed by atoms with Gasteiger partial charge in [-0.3, -0.25) is 9.59 Å². The highest BCUT2D eigenvalue weighted by Crippen LogP contribution is 2.24. The van der Waals surface area contributed by atoms with Gasteiger partial charge >= 0.3 is 10.1 Å². The van der Waals surface area contributed by atoms with Gasteiger partial charge in [-0.25, -0.2) is 0 Å². The average molecular weight is 449 g/mol. The minimum absolute atomic E-state index is 0.0791. The van der Waals surface area contributed by atoms with Gasteiger partial charge in [-0.2, -0.15) is 8.42 Å². The Bertz CT molecular complexity index is 1200. The summed E-state index contributed by atoms with van der Waals surface area (Å²) in [5, 5.41) is 0.705. The highest BCUT2D eigenvalue weighted by Gasteiger charge is 2.20. The summed E-state index contributed by atoms with van der Waals surface area (Å²) in [5.74, 6) is -0.733. The molecule has 8 heteroatoms. The molecular weight excluding hydrogens is 435 g/mol. The molecule has 3 aromatic rings. The average Bonchev–Trinajstić information content (AvgIpc) is 2.66. The maximum Gasteiger partial charge on any atom is 0.306 e.